The van der Waals surface area contributed by atoms with Gasteiger partial charge in [-0.2, -0.15) is 0 Å². The molecule has 0 bridgehead atoms. The summed E-state index contributed by atoms with van der Waals surface area (Å²) in [7, 11) is 0. The van der Waals surface area contributed by atoms with E-state index in [4.69, 9.17) is 11.6 Å². The maximum Gasteiger partial charge on any atom is 0.0945 e. The Morgan fingerprint density at radius 3 is 2.52 bits per heavy atom. The van der Waals surface area contributed by atoms with Crippen LogP contribution in [0, 0.1) is 0 Å². The zero-order valence-corrected chi connectivity index (χ0v) is 16.6. The molecule has 1 aromatic heterocycles. The van der Waals surface area contributed by atoms with Gasteiger partial charge in [0.2, 0.25) is 0 Å². The maximum absolute atomic E-state index is 5.90. The molecule has 0 aliphatic carbocycles. The van der Waals surface area contributed by atoms with Gasteiger partial charge in [0, 0.05) is 40.1 Å². The van der Waals surface area contributed by atoms with Gasteiger partial charge < -0.3 is 9.88 Å². The third-order valence-corrected chi connectivity index (χ3v) is 4.89. The lowest BCUT2D eigenvalue weighted by Crippen LogP contribution is -2.42. The van der Waals surface area contributed by atoms with E-state index >= 15 is 0 Å². The lowest BCUT2D eigenvalue weighted by Gasteiger charge is -2.26. The van der Waals surface area contributed by atoms with E-state index < -0.39 is 0 Å². The van der Waals surface area contributed by atoms with Crippen LogP contribution >= 0.6 is 48.2 Å². The van der Waals surface area contributed by atoms with Crippen molar-refractivity contribution in [3.8, 4) is 0 Å². The van der Waals surface area contributed by atoms with Crippen molar-refractivity contribution in [2.75, 3.05) is 12.3 Å². The second-order valence-corrected chi connectivity index (χ2v) is 7.19. The standard InChI is InChI=1S/C16H22ClN3S.2ClH/c1-16(2,12-21-15-6-4-14(17)5-7-15)19-8-3-10-20-11-9-18-13-20;;/h4-7,9,11,13,19H,3,8,10,12H2,1-2H3;2*1H. The number of aryl methyl sites for hydroxylation is 1. The van der Waals surface area contributed by atoms with Gasteiger partial charge in [-0.25, -0.2) is 4.98 Å². The fourth-order valence-electron chi connectivity index (χ4n) is 1.95. The Morgan fingerprint density at radius 1 is 1.22 bits per heavy atom. The first kappa shape index (κ1) is 22.6. The molecule has 0 aliphatic rings. The quantitative estimate of drug-likeness (QED) is 0.507. The summed E-state index contributed by atoms with van der Waals surface area (Å²) < 4.78 is 2.11. The van der Waals surface area contributed by atoms with Crippen LogP contribution in [0.5, 0.6) is 0 Å². The van der Waals surface area contributed by atoms with Crippen LogP contribution in [-0.2, 0) is 6.54 Å². The molecule has 0 amide bonds. The molecular formula is C16H24Cl3N3S. The third-order valence-electron chi connectivity index (χ3n) is 3.17. The van der Waals surface area contributed by atoms with E-state index in [2.05, 4.69) is 40.8 Å². The molecule has 23 heavy (non-hydrogen) atoms. The summed E-state index contributed by atoms with van der Waals surface area (Å²) in [4.78, 5) is 5.31. The number of hydrogen-bond acceptors (Lipinski definition) is 3. The van der Waals surface area contributed by atoms with Gasteiger partial charge in [0.25, 0.3) is 0 Å². The molecule has 0 unspecified atom stereocenters. The van der Waals surface area contributed by atoms with E-state index in [-0.39, 0.29) is 30.4 Å². The number of nitrogens with zero attached hydrogens (tertiary/aromatic N) is 2. The van der Waals surface area contributed by atoms with Crippen molar-refractivity contribution in [2.24, 2.45) is 0 Å². The monoisotopic (exact) mass is 395 g/mol. The van der Waals surface area contributed by atoms with Crippen LogP contribution in [0.15, 0.2) is 47.9 Å². The highest BCUT2D eigenvalue weighted by Gasteiger charge is 2.16. The van der Waals surface area contributed by atoms with Crippen LogP contribution in [0.4, 0.5) is 0 Å². The van der Waals surface area contributed by atoms with Crippen LogP contribution in [0.2, 0.25) is 5.02 Å². The predicted octanol–water partition coefficient (Wildman–Crippen LogP) is 4.93. The topological polar surface area (TPSA) is 29.9 Å². The maximum atomic E-state index is 5.90. The van der Waals surface area contributed by atoms with E-state index in [1.165, 1.54) is 4.90 Å². The highest BCUT2D eigenvalue weighted by atomic mass is 35.5. The third kappa shape index (κ3) is 8.87. The van der Waals surface area contributed by atoms with E-state index in [9.17, 15) is 0 Å². The SMILES string of the molecule is CC(C)(CSc1ccc(Cl)cc1)NCCCn1ccnc1.Cl.Cl. The van der Waals surface area contributed by atoms with Crippen LogP contribution in [0.1, 0.15) is 20.3 Å². The summed E-state index contributed by atoms with van der Waals surface area (Å²) in [5.41, 5.74) is 0.110. The average Bonchev–Trinajstić information content (AvgIpc) is 2.96. The molecule has 0 saturated carbocycles. The molecule has 2 aromatic rings. The number of aromatic nitrogens is 2. The first-order chi connectivity index (χ1) is 10.1. The summed E-state index contributed by atoms with van der Waals surface area (Å²) in [6.07, 6.45) is 6.79. The molecule has 0 radical (unpaired) electrons. The van der Waals surface area contributed by atoms with Crippen molar-refractivity contribution in [1.82, 2.24) is 14.9 Å². The number of rotatable bonds is 8. The first-order valence-electron chi connectivity index (χ1n) is 7.14. The van der Waals surface area contributed by atoms with Gasteiger partial charge in [-0.1, -0.05) is 11.6 Å². The molecule has 1 N–H and O–H groups in total. The summed E-state index contributed by atoms with van der Waals surface area (Å²) in [5, 5.41) is 4.41. The smallest absolute Gasteiger partial charge is 0.0945 e. The largest absolute Gasteiger partial charge is 0.337 e. The summed E-state index contributed by atoms with van der Waals surface area (Å²) in [6, 6.07) is 8.02. The molecule has 3 nitrogen and oxygen atoms in total. The van der Waals surface area contributed by atoms with E-state index in [0.29, 0.717) is 0 Å². The molecular weight excluding hydrogens is 373 g/mol. The first-order valence-corrected chi connectivity index (χ1v) is 8.51. The predicted molar refractivity (Wildman–Crippen MR) is 106 cm³/mol. The van der Waals surface area contributed by atoms with Crippen molar-refractivity contribution < 1.29 is 0 Å². The lowest BCUT2D eigenvalue weighted by atomic mass is 10.1. The Bertz CT molecular complexity index is 530. The summed E-state index contributed by atoms with van der Waals surface area (Å²) in [6.45, 7) is 6.50. The minimum Gasteiger partial charge on any atom is -0.337 e. The molecule has 0 spiro atoms. The Balaban J connectivity index is 0.00000242. The van der Waals surface area contributed by atoms with Crippen molar-refractivity contribution in [1.29, 1.82) is 0 Å². The van der Waals surface area contributed by atoms with Crippen molar-refractivity contribution in [3.63, 3.8) is 0 Å². The number of halogens is 3. The van der Waals surface area contributed by atoms with E-state index in [1.54, 1.807) is 0 Å². The van der Waals surface area contributed by atoms with Gasteiger partial charge in [-0.3, -0.25) is 0 Å². The number of benzene rings is 1. The second kappa shape index (κ2) is 11.2. The van der Waals surface area contributed by atoms with Gasteiger partial charge in [0.15, 0.2) is 0 Å². The van der Waals surface area contributed by atoms with Gasteiger partial charge in [-0.05, 0) is 51.1 Å². The number of imidazole rings is 1. The van der Waals surface area contributed by atoms with Gasteiger partial charge in [0.1, 0.15) is 0 Å². The Labute approximate surface area is 160 Å². The summed E-state index contributed by atoms with van der Waals surface area (Å²) in [5.74, 6) is 1.03. The molecule has 1 aromatic carbocycles. The fraction of sp³-hybridized carbons (Fsp3) is 0.438. The Kier molecular flexibility index (Phi) is 11.0. The molecule has 1 heterocycles. The second-order valence-electron chi connectivity index (χ2n) is 5.71. The normalized spacial score (nSPS) is 10.7. The van der Waals surface area contributed by atoms with Crippen LogP contribution in [0.3, 0.4) is 0 Å². The van der Waals surface area contributed by atoms with E-state index in [0.717, 1.165) is 30.3 Å². The van der Waals surface area contributed by atoms with Gasteiger partial charge >= 0.3 is 0 Å². The molecule has 0 fully saturated rings. The zero-order valence-electron chi connectivity index (χ0n) is 13.4. The minimum atomic E-state index is 0. The van der Waals surface area contributed by atoms with Gasteiger partial charge in [0.05, 0.1) is 6.33 Å². The highest BCUT2D eigenvalue weighted by molar-refractivity contribution is 7.99. The zero-order chi connectivity index (χ0) is 15.1. The highest BCUT2D eigenvalue weighted by Crippen LogP contribution is 2.24. The Morgan fingerprint density at radius 2 is 1.91 bits per heavy atom. The molecule has 2 rings (SSSR count). The molecule has 0 aliphatic heterocycles. The minimum absolute atomic E-state index is 0. The lowest BCUT2D eigenvalue weighted by molar-refractivity contribution is 0.420. The average molecular weight is 397 g/mol. The van der Waals surface area contributed by atoms with Crippen molar-refractivity contribution in [3.05, 3.63) is 48.0 Å². The molecule has 130 valence electrons. The van der Waals surface area contributed by atoms with E-state index in [1.807, 2.05) is 42.6 Å². The molecule has 7 heteroatoms. The summed E-state index contributed by atoms with van der Waals surface area (Å²) >= 11 is 7.76. The number of hydrogen-bond donors (Lipinski definition) is 1. The van der Waals surface area contributed by atoms with Crippen LogP contribution in [0.25, 0.3) is 0 Å². The number of thioether (sulfide) groups is 1. The molecule has 0 saturated heterocycles. The van der Waals surface area contributed by atoms with Crippen molar-refractivity contribution >= 4 is 48.2 Å². The van der Waals surface area contributed by atoms with Crippen LogP contribution < -0.4 is 5.32 Å². The van der Waals surface area contributed by atoms with Gasteiger partial charge in [-0.15, -0.1) is 36.6 Å². The fourth-order valence-corrected chi connectivity index (χ4v) is 3.04. The molecule has 0 atom stereocenters. The van der Waals surface area contributed by atoms with Crippen molar-refractivity contribution in [2.45, 2.75) is 37.2 Å². The Hall–Kier alpha value is -0.390. The van der Waals surface area contributed by atoms with Crippen LogP contribution in [-0.4, -0.2) is 27.4 Å². The number of nitrogens with one attached hydrogen (secondary N) is 1.